The lowest BCUT2D eigenvalue weighted by molar-refractivity contribution is 0.0839. The number of methoxy groups -OCH3 is 1. The number of nitrogens with one attached hydrogen (secondary N) is 1. The summed E-state index contributed by atoms with van der Waals surface area (Å²) in [6.07, 6.45) is 0. The summed E-state index contributed by atoms with van der Waals surface area (Å²) < 4.78 is 15.2. The molecular formula is C12H14ClNO5. The number of carbonyl (C=O) groups excluding carboxylic acids is 1. The minimum atomic E-state index is -0.471. The Morgan fingerprint density at radius 3 is 3.05 bits per heavy atom. The zero-order chi connectivity index (χ0) is 13.8. The summed E-state index contributed by atoms with van der Waals surface area (Å²) in [6, 6.07) is 2.57. The lowest BCUT2D eigenvalue weighted by Gasteiger charge is -2.15. The molecule has 1 unspecified atom stereocenters. The smallest absolute Gasteiger partial charge is 0.251 e. The highest BCUT2D eigenvalue weighted by molar-refractivity contribution is 6.32. The molecule has 104 valence electrons. The zero-order valence-electron chi connectivity index (χ0n) is 10.3. The van der Waals surface area contributed by atoms with Crippen LogP contribution in [0.3, 0.4) is 0 Å². The molecule has 6 nitrogen and oxygen atoms in total. The summed E-state index contributed by atoms with van der Waals surface area (Å²) in [5, 5.41) is 12.0. The molecule has 2 rings (SSSR count). The predicted molar refractivity (Wildman–Crippen MR) is 67.8 cm³/mol. The Morgan fingerprint density at radius 1 is 1.58 bits per heavy atom. The second kappa shape index (κ2) is 6.10. The Hall–Kier alpha value is -1.50. The van der Waals surface area contributed by atoms with Crippen LogP contribution in [0, 0.1) is 0 Å². The number of amides is 1. The van der Waals surface area contributed by atoms with Crippen molar-refractivity contribution in [3.05, 3.63) is 22.7 Å². The van der Waals surface area contributed by atoms with E-state index in [0.717, 1.165) is 0 Å². The molecule has 1 amide bonds. The van der Waals surface area contributed by atoms with Crippen LogP contribution in [-0.4, -0.2) is 44.2 Å². The molecule has 1 heterocycles. The number of rotatable bonds is 5. The van der Waals surface area contributed by atoms with Crippen LogP contribution in [-0.2, 0) is 4.74 Å². The van der Waals surface area contributed by atoms with Crippen molar-refractivity contribution < 1.29 is 24.1 Å². The largest absolute Gasteiger partial charge is 0.454 e. The number of aliphatic hydroxyl groups is 1. The highest BCUT2D eigenvalue weighted by Gasteiger charge is 2.21. The van der Waals surface area contributed by atoms with E-state index in [1.165, 1.54) is 13.2 Å². The third kappa shape index (κ3) is 3.09. The first-order chi connectivity index (χ1) is 9.15. The van der Waals surface area contributed by atoms with Crippen molar-refractivity contribution in [1.82, 2.24) is 5.32 Å². The van der Waals surface area contributed by atoms with Crippen LogP contribution in [0.1, 0.15) is 10.4 Å². The second-order valence-corrected chi connectivity index (χ2v) is 4.41. The van der Waals surface area contributed by atoms with Crippen LogP contribution in [0.15, 0.2) is 12.1 Å². The number of aliphatic hydroxyl groups excluding tert-OH is 1. The van der Waals surface area contributed by atoms with E-state index in [-0.39, 0.29) is 25.9 Å². The Labute approximate surface area is 115 Å². The molecule has 7 heteroatoms. The van der Waals surface area contributed by atoms with Crippen LogP contribution in [0.4, 0.5) is 0 Å². The lowest BCUT2D eigenvalue weighted by atomic mass is 10.1. The molecular weight excluding hydrogens is 274 g/mol. The van der Waals surface area contributed by atoms with E-state index >= 15 is 0 Å². The average molecular weight is 288 g/mol. The van der Waals surface area contributed by atoms with Gasteiger partial charge in [-0.15, -0.1) is 0 Å². The van der Waals surface area contributed by atoms with Crippen LogP contribution in [0.2, 0.25) is 5.02 Å². The molecule has 0 saturated heterocycles. The summed E-state index contributed by atoms with van der Waals surface area (Å²) in [4.78, 5) is 12.0. The minimum absolute atomic E-state index is 0.0864. The summed E-state index contributed by atoms with van der Waals surface area (Å²) in [6.45, 7) is 0.0987. The van der Waals surface area contributed by atoms with Gasteiger partial charge in [0.25, 0.3) is 5.91 Å². The monoisotopic (exact) mass is 287 g/mol. The average Bonchev–Trinajstić information content (AvgIpc) is 2.86. The second-order valence-electron chi connectivity index (χ2n) is 4.00. The number of ether oxygens (including phenoxy) is 3. The minimum Gasteiger partial charge on any atom is -0.454 e. The van der Waals surface area contributed by atoms with E-state index in [2.05, 4.69) is 5.32 Å². The molecule has 1 atom stereocenters. The third-order valence-electron chi connectivity index (χ3n) is 2.61. The van der Waals surface area contributed by atoms with E-state index in [9.17, 15) is 4.79 Å². The molecule has 1 aliphatic heterocycles. The molecule has 0 aliphatic carbocycles. The van der Waals surface area contributed by atoms with Crippen LogP contribution in [0.5, 0.6) is 11.5 Å². The first-order valence-corrected chi connectivity index (χ1v) is 6.03. The molecule has 19 heavy (non-hydrogen) atoms. The summed E-state index contributed by atoms with van der Waals surface area (Å²) >= 11 is 5.99. The topological polar surface area (TPSA) is 77.0 Å². The predicted octanol–water partition coefficient (Wildman–Crippen LogP) is 0.806. The van der Waals surface area contributed by atoms with Crippen molar-refractivity contribution >= 4 is 17.5 Å². The van der Waals surface area contributed by atoms with Gasteiger partial charge < -0.3 is 24.6 Å². The van der Waals surface area contributed by atoms with Gasteiger partial charge in [-0.25, -0.2) is 0 Å². The Morgan fingerprint density at radius 2 is 2.37 bits per heavy atom. The van der Waals surface area contributed by atoms with E-state index < -0.39 is 6.04 Å². The maximum atomic E-state index is 12.0. The zero-order valence-corrected chi connectivity index (χ0v) is 11.1. The summed E-state index contributed by atoms with van der Waals surface area (Å²) in [5.41, 5.74) is 0.337. The number of fused-ring (bicyclic) bond motifs is 1. The van der Waals surface area contributed by atoms with Crippen molar-refractivity contribution in [1.29, 1.82) is 0 Å². The third-order valence-corrected chi connectivity index (χ3v) is 2.89. The highest BCUT2D eigenvalue weighted by atomic mass is 35.5. The highest BCUT2D eigenvalue weighted by Crippen LogP contribution is 2.39. The van der Waals surface area contributed by atoms with Gasteiger partial charge >= 0.3 is 0 Å². The van der Waals surface area contributed by atoms with Gasteiger partial charge in [-0.1, -0.05) is 11.6 Å². The van der Waals surface area contributed by atoms with Gasteiger partial charge in [0.05, 0.1) is 24.3 Å². The molecule has 0 radical (unpaired) electrons. The van der Waals surface area contributed by atoms with Crippen molar-refractivity contribution in [3.63, 3.8) is 0 Å². The van der Waals surface area contributed by atoms with E-state index in [0.29, 0.717) is 22.1 Å². The van der Waals surface area contributed by atoms with E-state index in [1.807, 2.05) is 0 Å². The molecule has 1 aromatic rings. The van der Waals surface area contributed by atoms with Gasteiger partial charge in [0.15, 0.2) is 11.5 Å². The first-order valence-electron chi connectivity index (χ1n) is 5.65. The van der Waals surface area contributed by atoms with Crippen molar-refractivity contribution in [2.75, 3.05) is 27.1 Å². The number of hydrogen-bond donors (Lipinski definition) is 2. The number of halogens is 1. The number of benzene rings is 1. The molecule has 1 aromatic carbocycles. The van der Waals surface area contributed by atoms with Crippen molar-refractivity contribution in [2.24, 2.45) is 0 Å². The van der Waals surface area contributed by atoms with Crippen LogP contribution in [0.25, 0.3) is 0 Å². The van der Waals surface area contributed by atoms with Gasteiger partial charge in [-0.05, 0) is 12.1 Å². The van der Waals surface area contributed by atoms with Crippen molar-refractivity contribution in [3.8, 4) is 11.5 Å². The van der Waals surface area contributed by atoms with Crippen molar-refractivity contribution in [2.45, 2.75) is 6.04 Å². The molecule has 0 saturated carbocycles. The fourth-order valence-corrected chi connectivity index (χ4v) is 1.97. The normalized spacial score (nSPS) is 14.3. The molecule has 0 bridgehead atoms. The number of hydrogen-bond acceptors (Lipinski definition) is 5. The molecule has 1 aliphatic rings. The van der Waals surface area contributed by atoms with E-state index in [4.69, 9.17) is 30.9 Å². The van der Waals surface area contributed by atoms with Crippen LogP contribution < -0.4 is 14.8 Å². The van der Waals surface area contributed by atoms with Gasteiger partial charge in [0, 0.05) is 12.7 Å². The molecule has 2 N–H and O–H groups in total. The quantitative estimate of drug-likeness (QED) is 0.838. The fourth-order valence-electron chi connectivity index (χ4n) is 1.71. The first kappa shape index (κ1) is 13.9. The summed E-state index contributed by atoms with van der Waals surface area (Å²) in [5.74, 6) is 0.509. The lowest BCUT2D eigenvalue weighted by Crippen LogP contribution is -2.40. The standard InChI is InChI=1S/C12H14ClNO5/c1-17-5-8(4-15)14-12(16)7-2-9(13)11-10(3-7)18-6-19-11/h2-3,8,15H,4-6H2,1H3,(H,14,16). The Kier molecular flexibility index (Phi) is 4.47. The van der Waals surface area contributed by atoms with Gasteiger partial charge in [-0.2, -0.15) is 0 Å². The summed E-state index contributed by atoms with van der Waals surface area (Å²) in [7, 11) is 1.49. The fraction of sp³-hybridized carbons (Fsp3) is 0.417. The molecule has 0 spiro atoms. The maximum Gasteiger partial charge on any atom is 0.251 e. The Bertz CT molecular complexity index is 479. The van der Waals surface area contributed by atoms with Gasteiger partial charge in [0.1, 0.15) is 0 Å². The van der Waals surface area contributed by atoms with Crippen LogP contribution >= 0.6 is 11.6 Å². The maximum absolute atomic E-state index is 12.0. The van der Waals surface area contributed by atoms with Gasteiger partial charge in [-0.3, -0.25) is 4.79 Å². The molecule has 0 fully saturated rings. The SMILES string of the molecule is COCC(CO)NC(=O)c1cc(Cl)c2c(c1)OCO2. The Balaban J connectivity index is 2.13. The molecule has 0 aromatic heterocycles. The number of carbonyl (C=O) groups is 1. The van der Waals surface area contributed by atoms with E-state index in [1.54, 1.807) is 6.07 Å². The van der Waals surface area contributed by atoms with Gasteiger partial charge in [0.2, 0.25) is 6.79 Å².